The summed E-state index contributed by atoms with van der Waals surface area (Å²) in [5.41, 5.74) is 1.36. The highest BCUT2D eigenvalue weighted by Gasteiger charge is 2.54. The van der Waals surface area contributed by atoms with Crippen molar-refractivity contribution in [3.05, 3.63) is 23.3 Å². The normalized spacial score (nSPS) is 45.7. The van der Waals surface area contributed by atoms with Crippen LogP contribution < -0.4 is 0 Å². The smallest absolute Gasteiger partial charge is 0.228 e. The van der Waals surface area contributed by atoms with Crippen molar-refractivity contribution in [2.24, 2.45) is 11.8 Å². The van der Waals surface area contributed by atoms with Crippen molar-refractivity contribution < 1.29 is 14.6 Å². The summed E-state index contributed by atoms with van der Waals surface area (Å²) in [6.45, 7) is 10.9. The van der Waals surface area contributed by atoms with Gasteiger partial charge in [-0.15, -0.1) is 0 Å². The van der Waals surface area contributed by atoms with E-state index in [0.717, 1.165) is 44.1 Å². The van der Waals surface area contributed by atoms with Crippen molar-refractivity contribution in [3.63, 3.8) is 0 Å². The van der Waals surface area contributed by atoms with E-state index in [1.165, 1.54) is 5.57 Å². The van der Waals surface area contributed by atoms with E-state index in [0.29, 0.717) is 12.6 Å². The highest BCUT2D eigenvalue weighted by atomic mass is 16.6. The monoisotopic (exact) mass is 361 g/mol. The quantitative estimate of drug-likeness (QED) is 0.563. The first-order valence-corrected chi connectivity index (χ1v) is 10.3. The molecular weight excluding hydrogens is 326 g/mol. The van der Waals surface area contributed by atoms with Gasteiger partial charge in [0, 0.05) is 18.4 Å². The summed E-state index contributed by atoms with van der Waals surface area (Å²) >= 11 is 0. The molecule has 4 heteroatoms. The molecule has 1 aliphatic carbocycles. The Kier molecular flexibility index (Phi) is 5.38. The number of hydrogen-bond donors (Lipinski definition) is 1. The molecule has 2 saturated heterocycles. The predicted molar refractivity (Wildman–Crippen MR) is 103 cm³/mol. The molecule has 0 spiro atoms. The molecule has 146 valence electrons. The molecule has 2 heterocycles. The van der Waals surface area contributed by atoms with E-state index >= 15 is 0 Å². The number of epoxide rings is 1. The Labute approximate surface area is 158 Å². The molecule has 0 saturated carbocycles. The van der Waals surface area contributed by atoms with E-state index < -0.39 is 5.72 Å². The minimum atomic E-state index is -1.16. The van der Waals surface area contributed by atoms with Gasteiger partial charge in [-0.05, 0) is 72.3 Å². The van der Waals surface area contributed by atoms with Gasteiger partial charge >= 0.3 is 0 Å². The first kappa shape index (κ1) is 19.6. The average Bonchev–Trinajstić information content (AvgIpc) is 3.17. The SMILES string of the molecule is CCN1C(=O)[C@@H](C)[C@H]2CC/C(C)=C/CC[C@@]3(C)O[C@H]3CC/C(C)=C/[C@]21O. The maximum Gasteiger partial charge on any atom is 0.228 e. The fourth-order valence-electron chi connectivity index (χ4n) is 4.98. The van der Waals surface area contributed by atoms with Crippen LogP contribution in [-0.4, -0.2) is 39.9 Å². The standard InChI is InChI=1S/C22H35NO3/c1-6-23-20(24)17(4)18-11-9-15(2)8-7-13-21(5)19(26-21)12-10-16(3)14-22(18,23)25/h8,14,17-19,25H,6-7,9-13H2,1-5H3/b15-8+,16-14+/t17-,18+,19-,21+,22-/m0/s1. The number of hydrogen-bond acceptors (Lipinski definition) is 3. The van der Waals surface area contributed by atoms with Crippen molar-refractivity contribution in [1.29, 1.82) is 0 Å². The largest absolute Gasteiger partial charge is 0.367 e. The van der Waals surface area contributed by atoms with Crippen LogP contribution in [0, 0.1) is 11.8 Å². The van der Waals surface area contributed by atoms with E-state index in [-0.39, 0.29) is 23.3 Å². The molecule has 26 heavy (non-hydrogen) atoms. The van der Waals surface area contributed by atoms with Crippen molar-refractivity contribution in [2.75, 3.05) is 6.54 Å². The molecule has 0 radical (unpaired) electrons. The van der Waals surface area contributed by atoms with Crippen LogP contribution in [0.4, 0.5) is 0 Å². The van der Waals surface area contributed by atoms with Crippen molar-refractivity contribution in [3.8, 4) is 0 Å². The van der Waals surface area contributed by atoms with E-state index in [1.54, 1.807) is 4.90 Å². The number of amides is 1. The third-order valence-corrected chi connectivity index (χ3v) is 6.83. The molecule has 0 aromatic rings. The van der Waals surface area contributed by atoms with Crippen LogP contribution in [0.25, 0.3) is 0 Å². The number of rotatable bonds is 1. The lowest BCUT2D eigenvalue weighted by molar-refractivity contribution is -0.141. The van der Waals surface area contributed by atoms with Crippen molar-refractivity contribution in [2.45, 2.75) is 90.6 Å². The van der Waals surface area contributed by atoms with Crippen molar-refractivity contribution >= 4 is 5.91 Å². The molecule has 1 N–H and O–H groups in total. The minimum absolute atomic E-state index is 0.0217. The Morgan fingerprint density at radius 2 is 1.96 bits per heavy atom. The van der Waals surface area contributed by atoms with Gasteiger partial charge in [0.1, 0.15) is 0 Å². The summed E-state index contributed by atoms with van der Waals surface area (Å²) in [7, 11) is 0. The Morgan fingerprint density at radius 3 is 2.65 bits per heavy atom. The third-order valence-electron chi connectivity index (χ3n) is 6.83. The van der Waals surface area contributed by atoms with E-state index in [9.17, 15) is 9.90 Å². The van der Waals surface area contributed by atoms with Gasteiger partial charge < -0.3 is 14.7 Å². The molecule has 1 amide bonds. The summed E-state index contributed by atoms with van der Waals surface area (Å²) < 4.78 is 5.97. The zero-order valence-electron chi connectivity index (χ0n) is 17.0. The molecule has 0 unspecified atom stereocenters. The zero-order valence-corrected chi connectivity index (χ0v) is 17.0. The highest BCUT2D eigenvalue weighted by Crippen LogP contribution is 2.46. The first-order valence-electron chi connectivity index (χ1n) is 10.3. The van der Waals surface area contributed by atoms with Gasteiger partial charge in [0.25, 0.3) is 0 Å². The highest BCUT2D eigenvalue weighted by molar-refractivity contribution is 5.82. The van der Waals surface area contributed by atoms with E-state index in [2.05, 4.69) is 26.8 Å². The molecule has 0 aromatic heterocycles. The van der Waals surface area contributed by atoms with Crippen LogP contribution in [0.15, 0.2) is 23.3 Å². The second-order valence-corrected chi connectivity index (χ2v) is 8.84. The zero-order chi connectivity index (χ0) is 19.1. The average molecular weight is 362 g/mol. The van der Waals surface area contributed by atoms with Crippen molar-refractivity contribution in [1.82, 2.24) is 4.90 Å². The summed E-state index contributed by atoms with van der Waals surface area (Å²) in [6.07, 6.45) is 10.4. The second-order valence-electron chi connectivity index (χ2n) is 8.84. The minimum Gasteiger partial charge on any atom is -0.367 e. The number of aliphatic hydroxyl groups is 1. The third kappa shape index (κ3) is 3.50. The molecule has 2 aliphatic heterocycles. The van der Waals surface area contributed by atoms with Crippen LogP contribution in [0.5, 0.6) is 0 Å². The van der Waals surface area contributed by atoms with Gasteiger partial charge in [-0.25, -0.2) is 0 Å². The Bertz CT molecular complexity index is 625. The van der Waals surface area contributed by atoms with Gasteiger partial charge in [0.15, 0.2) is 5.72 Å². The molecule has 0 aromatic carbocycles. The summed E-state index contributed by atoms with van der Waals surface area (Å²) in [5, 5.41) is 11.6. The van der Waals surface area contributed by atoms with Crippen LogP contribution >= 0.6 is 0 Å². The molecule has 3 aliphatic rings. The van der Waals surface area contributed by atoms with Crippen LogP contribution in [0.2, 0.25) is 0 Å². The van der Waals surface area contributed by atoms with Gasteiger partial charge in [-0.1, -0.05) is 24.1 Å². The predicted octanol–water partition coefficient (Wildman–Crippen LogP) is 4.19. The topological polar surface area (TPSA) is 53.1 Å². The molecule has 0 bridgehead atoms. The fourth-order valence-corrected chi connectivity index (χ4v) is 4.98. The van der Waals surface area contributed by atoms with Gasteiger partial charge in [-0.3, -0.25) is 4.79 Å². The van der Waals surface area contributed by atoms with Crippen LogP contribution in [-0.2, 0) is 9.53 Å². The number of allylic oxidation sites excluding steroid dienone is 3. The lowest BCUT2D eigenvalue weighted by Gasteiger charge is -2.35. The maximum absolute atomic E-state index is 12.7. The molecule has 5 atom stereocenters. The molecule has 3 rings (SSSR count). The van der Waals surface area contributed by atoms with E-state index in [4.69, 9.17) is 4.74 Å². The molecular formula is C22H35NO3. The first-order chi connectivity index (χ1) is 12.2. The number of likely N-dealkylation sites (tertiary alicyclic amines) is 1. The second kappa shape index (κ2) is 7.12. The van der Waals surface area contributed by atoms with Gasteiger partial charge in [-0.2, -0.15) is 0 Å². The Morgan fingerprint density at radius 1 is 1.27 bits per heavy atom. The number of carbonyl (C=O) groups is 1. The lowest BCUT2D eigenvalue weighted by Crippen LogP contribution is -2.48. The Hall–Kier alpha value is -1.13. The van der Waals surface area contributed by atoms with Gasteiger partial charge in [0.2, 0.25) is 5.91 Å². The molecule has 4 nitrogen and oxygen atoms in total. The summed E-state index contributed by atoms with van der Waals surface area (Å²) in [4.78, 5) is 14.4. The summed E-state index contributed by atoms with van der Waals surface area (Å²) in [5.74, 6) is -0.119. The lowest BCUT2D eigenvalue weighted by atomic mass is 9.82. The van der Waals surface area contributed by atoms with Crippen LogP contribution in [0.1, 0.15) is 73.1 Å². The molecule has 2 fully saturated rings. The summed E-state index contributed by atoms with van der Waals surface area (Å²) in [6, 6.07) is 0. The number of ether oxygens (including phenoxy) is 1. The van der Waals surface area contributed by atoms with E-state index in [1.807, 2.05) is 19.9 Å². The Balaban J connectivity index is 1.90. The number of fused-ring (bicyclic) bond motifs is 2. The number of likely N-dealkylation sites (N-methyl/N-ethyl adjacent to an activating group) is 1. The fraction of sp³-hybridized carbons (Fsp3) is 0.773. The van der Waals surface area contributed by atoms with Crippen LogP contribution in [0.3, 0.4) is 0 Å². The maximum atomic E-state index is 12.7. The van der Waals surface area contributed by atoms with Gasteiger partial charge in [0.05, 0.1) is 11.7 Å². The number of nitrogens with zero attached hydrogens (tertiary/aromatic N) is 1. The number of carbonyl (C=O) groups excluding carboxylic acids is 1.